The van der Waals surface area contributed by atoms with Crippen molar-refractivity contribution in [1.29, 1.82) is 0 Å². The minimum atomic E-state index is -0.303. The van der Waals surface area contributed by atoms with Crippen LogP contribution >= 0.6 is 0 Å². The van der Waals surface area contributed by atoms with Crippen molar-refractivity contribution in [2.24, 2.45) is 7.05 Å². The number of anilines is 1. The predicted molar refractivity (Wildman–Crippen MR) is 122 cm³/mol. The highest BCUT2D eigenvalue weighted by atomic mass is 16.1. The van der Waals surface area contributed by atoms with Gasteiger partial charge in [0.15, 0.2) is 5.65 Å². The second-order valence-corrected chi connectivity index (χ2v) is 7.53. The van der Waals surface area contributed by atoms with Crippen LogP contribution in [0.15, 0.2) is 73.1 Å². The Morgan fingerprint density at radius 2 is 1.72 bits per heavy atom. The molecule has 32 heavy (non-hydrogen) atoms. The van der Waals surface area contributed by atoms with Gasteiger partial charge in [0.1, 0.15) is 6.33 Å². The molecule has 5 rings (SSSR count). The third kappa shape index (κ3) is 3.74. The van der Waals surface area contributed by atoms with E-state index in [9.17, 15) is 4.79 Å². The Hall–Kier alpha value is -4.33. The Morgan fingerprint density at radius 1 is 1.00 bits per heavy atom. The number of aromatic nitrogens is 6. The molecule has 158 valence electrons. The normalized spacial score (nSPS) is 11.1. The Morgan fingerprint density at radius 3 is 2.47 bits per heavy atom. The van der Waals surface area contributed by atoms with E-state index in [0.717, 1.165) is 16.8 Å². The summed E-state index contributed by atoms with van der Waals surface area (Å²) in [5.41, 5.74) is 4.60. The van der Waals surface area contributed by atoms with E-state index in [1.54, 1.807) is 21.8 Å². The van der Waals surface area contributed by atoms with Crippen molar-refractivity contribution in [2.45, 2.75) is 13.5 Å². The van der Waals surface area contributed by atoms with Crippen molar-refractivity contribution in [3.8, 4) is 11.3 Å². The number of aryl methyl sites for hydroxylation is 2. The van der Waals surface area contributed by atoms with E-state index in [-0.39, 0.29) is 11.9 Å². The summed E-state index contributed by atoms with van der Waals surface area (Å²) in [7, 11) is 1.82. The Kier molecular flexibility index (Phi) is 4.95. The number of hydrogen-bond acceptors (Lipinski definition) is 5. The Labute approximate surface area is 184 Å². The highest BCUT2D eigenvalue weighted by Crippen LogP contribution is 2.27. The number of nitrogens with one attached hydrogen (secondary N) is 1. The minimum Gasteiger partial charge on any atom is -0.289 e. The molecular weight excluding hydrogens is 402 g/mol. The number of benzene rings is 2. The van der Waals surface area contributed by atoms with E-state index < -0.39 is 0 Å². The molecule has 3 aromatic heterocycles. The van der Waals surface area contributed by atoms with Crippen LogP contribution in [0.2, 0.25) is 0 Å². The minimum absolute atomic E-state index is 0.249. The van der Waals surface area contributed by atoms with Crippen LogP contribution in [0.1, 0.15) is 21.6 Å². The molecule has 0 saturated carbocycles. The topological polar surface area (TPSA) is 90.5 Å². The van der Waals surface area contributed by atoms with E-state index in [4.69, 9.17) is 4.98 Å². The third-order valence-electron chi connectivity index (χ3n) is 5.23. The van der Waals surface area contributed by atoms with Gasteiger partial charge in [0.25, 0.3) is 5.91 Å². The lowest BCUT2D eigenvalue weighted by atomic mass is 10.1. The van der Waals surface area contributed by atoms with Crippen LogP contribution in [0, 0.1) is 6.92 Å². The SMILES string of the molecule is Cc1nn(C)c2nc(-c3ccccc3)cc(C(=O)Nc3ncn(Cc4ccccc4)n3)c12. The number of fused-ring (bicyclic) bond motifs is 1. The fraction of sp³-hybridized carbons (Fsp3) is 0.125. The molecule has 0 spiro atoms. The molecule has 0 aliphatic rings. The largest absolute Gasteiger partial charge is 0.289 e. The molecule has 8 heteroatoms. The molecule has 1 N–H and O–H groups in total. The molecule has 2 aromatic carbocycles. The predicted octanol–water partition coefficient (Wildman–Crippen LogP) is 3.84. The number of hydrogen-bond donors (Lipinski definition) is 1. The van der Waals surface area contributed by atoms with Crippen LogP contribution < -0.4 is 5.32 Å². The second kappa shape index (κ2) is 8.07. The van der Waals surface area contributed by atoms with Crippen LogP contribution in [0.5, 0.6) is 0 Å². The van der Waals surface area contributed by atoms with E-state index >= 15 is 0 Å². The zero-order valence-electron chi connectivity index (χ0n) is 17.7. The van der Waals surface area contributed by atoms with Gasteiger partial charge in [-0.05, 0) is 18.6 Å². The maximum atomic E-state index is 13.3. The number of carbonyl (C=O) groups is 1. The summed E-state index contributed by atoms with van der Waals surface area (Å²) in [6.45, 7) is 2.44. The maximum Gasteiger partial charge on any atom is 0.258 e. The molecule has 3 heterocycles. The summed E-state index contributed by atoms with van der Waals surface area (Å²) in [6, 6.07) is 21.5. The maximum absolute atomic E-state index is 13.3. The molecule has 0 atom stereocenters. The van der Waals surface area contributed by atoms with Crippen molar-refractivity contribution >= 4 is 22.9 Å². The molecule has 5 aromatic rings. The molecule has 8 nitrogen and oxygen atoms in total. The van der Waals surface area contributed by atoms with Gasteiger partial charge < -0.3 is 0 Å². The van der Waals surface area contributed by atoms with Crippen LogP contribution in [-0.2, 0) is 13.6 Å². The number of carbonyl (C=O) groups excluding carboxylic acids is 1. The molecule has 0 aliphatic heterocycles. The van der Waals surface area contributed by atoms with Gasteiger partial charge in [-0.15, -0.1) is 5.10 Å². The standard InChI is InChI=1S/C24H21N7O/c1-16-21-19(13-20(18-11-7-4-8-12-18)26-22(21)30(2)28-16)23(32)27-24-25-15-31(29-24)14-17-9-5-3-6-10-17/h3-13,15H,14H2,1-2H3,(H,27,29,32). The van der Waals surface area contributed by atoms with Crippen molar-refractivity contribution in [2.75, 3.05) is 5.32 Å². The molecule has 0 aliphatic carbocycles. The van der Waals surface area contributed by atoms with Gasteiger partial charge in [-0.3, -0.25) is 14.8 Å². The third-order valence-corrected chi connectivity index (χ3v) is 5.23. The first-order valence-electron chi connectivity index (χ1n) is 10.2. The number of pyridine rings is 1. The van der Waals surface area contributed by atoms with Gasteiger partial charge in [-0.1, -0.05) is 60.7 Å². The van der Waals surface area contributed by atoms with Crippen molar-refractivity contribution in [3.05, 3.63) is 89.9 Å². The molecule has 1 amide bonds. The summed E-state index contributed by atoms with van der Waals surface area (Å²) in [4.78, 5) is 22.3. The average molecular weight is 423 g/mol. The molecular formula is C24H21N7O. The summed E-state index contributed by atoms with van der Waals surface area (Å²) in [5.74, 6) is -0.0539. The Balaban J connectivity index is 1.48. The number of rotatable bonds is 5. The lowest BCUT2D eigenvalue weighted by Crippen LogP contribution is -2.15. The van der Waals surface area contributed by atoms with E-state index in [2.05, 4.69) is 20.5 Å². The molecule has 0 bridgehead atoms. The van der Waals surface area contributed by atoms with Gasteiger partial charge in [0, 0.05) is 12.6 Å². The first kappa shape index (κ1) is 19.6. The van der Waals surface area contributed by atoms with Gasteiger partial charge >= 0.3 is 0 Å². The second-order valence-electron chi connectivity index (χ2n) is 7.53. The molecule has 0 unspecified atom stereocenters. The molecule has 0 radical (unpaired) electrons. The van der Waals surface area contributed by atoms with Gasteiger partial charge in [0.2, 0.25) is 5.95 Å². The summed E-state index contributed by atoms with van der Waals surface area (Å²) in [5, 5.41) is 12.4. The summed E-state index contributed by atoms with van der Waals surface area (Å²) >= 11 is 0. The van der Waals surface area contributed by atoms with E-state index in [1.807, 2.05) is 74.6 Å². The molecule has 0 fully saturated rings. The van der Waals surface area contributed by atoms with Crippen molar-refractivity contribution in [3.63, 3.8) is 0 Å². The molecule has 0 saturated heterocycles. The van der Waals surface area contributed by atoms with Crippen molar-refractivity contribution in [1.82, 2.24) is 29.5 Å². The fourth-order valence-corrected chi connectivity index (χ4v) is 3.75. The van der Waals surface area contributed by atoms with E-state index in [1.165, 1.54) is 0 Å². The first-order chi connectivity index (χ1) is 15.6. The number of nitrogens with zero attached hydrogens (tertiary/aromatic N) is 6. The van der Waals surface area contributed by atoms with Crippen LogP contribution in [-0.4, -0.2) is 35.4 Å². The van der Waals surface area contributed by atoms with Gasteiger partial charge in [-0.25, -0.2) is 14.6 Å². The first-order valence-corrected chi connectivity index (χ1v) is 10.2. The lowest BCUT2D eigenvalue weighted by molar-refractivity contribution is 0.102. The van der Waals surface area contributed by atoms with Crippen LogP contribution in [0.3, 0.4) is 0 Å². The van der Waals surface area contributed by atoms with E-state index in [0.29, 0.717) is 28.8 Å². The smallest absolute Gasteiger partial charge is 0.258 e. The Bertz CT molecular complexity index is 1400. The van der Waals surface area contributed by atoms with Crippen LogP contribution in [0.4, 0.5) is 5.95 Å². The zero-order valence-corrected chi connectivity index (χ0v) is 17.7. The highest BCUT2D eigenvalue weighted by Gasteiger charge is 2.20. The van der Waals surface area contributed by atoms with Gasteiger partial charge in [0.05, 0.1) is 28.9 Å². The lowest BCUT2D eigenvalue weighted by Gasteiger charge is -2.08. The van der Waals surface area contributed by atoms with Crippen molar-refractivity contribution < 1.29 is 4.79 Å². The van der Waals surface area contributed by atoms with Gasteiger partial charge in [-0.2, -0.15) is 5.10 Å². The summed E-state index contributed by atoms with van der Waals surface area (Å²) in [6.07, 6.45) is 1.61. The van der Waals surface area contributed by atoms with Crippen LogP contribution in [0.25, 0.3) is 22.3 Å². The summed E-state index contributed by atoms with van der Waals surface area (Å²) < 4.78 is 3.39. The highest BCUT2D eigenvalue weighted by molar-refractivity contribution is 6.12. The average Bonchev–Trinajstić information content (AvgIpc) is 3.37. The zero-order chi connectivity index (χ0) is 22.1. The fourth-order valence-electron chi connectivity index (χ4n) is 3.75. The monoisotopic (exact) mass is 423 g/mol. The quantitative estimate of drug-likeness (QED) is 0.464. The number of amides is 1.